The number of H-pyrrole nitrogens is 1. The third-order valence-corrected chi connectivity index (χ3v) is 4.56. The van der Waals surface area contributed by atoms with Crippen molar-refractivity contribution in [3.8, 4) is 5.88 Å². The molecule has 0 saturated carbocycles. The molecule has 9 heteroatoms. The van der Waals surface area contributed by atoms with Gasteiger partial charge in [0, 0.05) is 18.5 Å². The first kappa shape index (κ1) is 18.5. The van der Waals surface area contributed by atoms with E-state index in [1.165, 1.54) is 0 Å². The smallest absolute Gasteiger partial charge is 0.320 e. The number of pyridine rings is 1. The number of nitrogens with zero attached hydrogens (tertiary/aromatic N) is 4. The highest BCUT2D eigenvalue weighted by Gasteiger charge is 2.16. The molecule has 0 fully saturated rings. The number of nitrogens with one attached hydrogen (secondary N) is 3. The number of hydrogen-bond donors (Lipinski definition) is 3. The normalized spacial score (nSPS) is 11.9. The van der Waals surface area contributed by atoms with Crippen molar-refractivity contribution in [3.05, 3.63) is 66.4 Å². The molecule has 0 aliphatic heterocycles. The van der Waals surface area contributed by atoms with Crippen molar-refractivity contribution < 1.29 is 9.53 Å². The number of ether oxygens (including phenoxy) is 1. The number of aromatic amines is 1. The second kappa shape index (κ2) is 8.01. The standard InChI is InChI=1S/C20H21N7O2/c1-13(14-6-4-3-5-7-14)22-20(28)24-17-10-15-18(19(29-2)26-25-15)16(23-17)11-27-9-8-21-12-27/h3-10,12-13H,11H2,1-2H3,(H,25,26)(H2,22,23,24,28)/t13-/m1/s1. The summed E-state index contributed by atoms with van der Waals surface area (Å²) in [7, 11) is 1.56. The molecule has 9 nitrogen and oxygen atoms in total. The number of rotatable bonds is 6. The summed E-state index contributed by atoms with van der Waals surface area (Å²) in [6.07, 6.45) is 5.24. The van der Waals surface area contributed by atoms with Crippen LogP contribution in [-0.4, -0.2) is 37.9 Å². The summed E-state index contributed by atoms with van der Waals surface area (Å²) in [5, 5.41) is 13.6. The molecule has 3 N–H and O–H groups in total. The Balaban J connectivity index is 1.58. The average molecular weight is 391 g/mol. The van der Waals surface area contributed by atoms with E-state index in [0.29, 0.717) is 23.9 Å². The first-order chi connectivity index (χ1) is 14.1. The highest BCUT2D eigenvalue weighted by Crippen LogP contribution is 2.28. The number of benzene rings is 1. The Kier molecular flexibility index (Phi) is 5.10. The second-order valence-electron chi connectivity index (χ2n) is 6.58. The highest BCUT2D eigenvalue weighted by atomic mass is 16.5. The molecule has 0 unspecified atom stereocenters. The minimum atomic E-state index is -0.340. The van der Waals surface area contributed by atoms with Gasteiger partial charge in [-0.05, 0) is 12.5 Å². The van der Waals surface area contributed by atoms with Crippen LogP contribution in [0.2, 0.25) is 0 Å². The average Bonchev–Trinajstić information content (AvgIpc) is 3.38. The van der Waals surface area contributed by atoms with Crippen molar-refractivity contribution in [2.45, 2.75) is 19.5 Å². The first-order valence-electron chi connectivity index (χ1n) is 9.14. The largest absolute Gasteiger partial charge is 0.479 e. The summed E-state index contributed by atoms with van der Waals surface area (Å²) in [5.41, 5.74) is 2.45. The molecule has 0 aliphatic rings. The van der Waals surface area contributed by atoms with E-state index in [0.717, 1.165) is 16.5 Å². The van der Waals surface area contributed by atoms with Crippen molar-refractivity contribution >= 4 is 22.8 Å². The van der Waals surface area contributed by atoms with Gasteiger partial charge in [-0.2, -0.15) is 0 Å². The molecular formula is C20H21N7O2. The minimum Gasteiger partial charge on any atom is -0.479 e. The Hall–Kier alpha value is -3.88. The number of fused-ring (bicyclic) bond motifs is 1. The van der Waals surface area contributed by atoms with Crippen molar-refractivity contribution in [1.82, 2.24) is 30.0 Å². The van der Waals surface area contributed by atoms with E-state index in [1.807, 2.05) is 48.0 Å². The van der Waals surface area contributed by atoms with Crippen LogP contribution in [0.25, 0.3) is 10.9 Å². The predicted octanol–water partition coefficient (Wildman–Crippen LogP) is 3.09. The Labute approximate surface area is 167 Å². The number of anilines is 1. The molecular weight excluding hydrogens is 370 g/mol. The van der Waals surface area contributed by atoms with Gasteiger partial charge in [-0.1, -0.05) is 30.3 Å². The Bertz CT molecular complexity index is 1110. The van der Waals surface area contributed by atoms with Crippen molar-refractivity contribution in [2.24, 2.45) is 0 Å². The third-order valence-electron chi connectivity index (χ3n) is 4.56. The molecule has 29 heavy (non-hydrogen) atoms. The number of hydrogen-bond acceptors (Lipinski definition) is 5. The van der Waals surface area contributed by atoms with Gasteiger partial charge in [-0.15, -0.1) is 5.10 Å². The molecule has 4 rings (SSSR count). The number of carbonyl (C=O) groups excluding carboxylic acids is 1. The van der Waals surface area contributed by atoms with Crippen molar-refractivity contribution in [1.29, 1.82) is 0 Å². The van der Waals surface area contributed by atoms with E-state index in [2.05, 4.69) is 30.8 Å². The summed E-state index contributed by atoms with van der Waals surface area (Å²) in [5.74, 6) is 0.869. The molecule has 0 aliphatic carbocycles. The van der Waals surface area contributed by atoms with Crippen LogP contribution in [0.1, 0.15) is 24.2 Å². The Morgan fingerprint density at radius 3 is 2.86 bits per heavy atom. The molecule has 1 atom stereocenters. The third kappa shape index (κ3) is 4.03. The van der Waals surface area contributed by atoms with Crippen molar-refractivity contribution in [2.75, 3.05) is 12.4 Å². The fourth-order valence-corrected chi connectivity index (χ4v) is 3.15. The molecule has 0 radical (unpaired) electrons. The van der Waals surface area contributed by atoms with Gasteiger partial charge in [-0.25, -0.2) is 14.8 Å². The summed E-state index contributed by atoms with van der Waals surface area (Å²) < 4.78 is 7.23. The lowest BCUT2D eigenvalue weighted by molar-refractivity contribution is 0.249. The zero-order valence-electron chi connectivity index (χ0n) is 16.1. The van der Waals surface area contributed by atoms with Gasteiger partial charge >= 0.3 is 6.03 Å². The lowest BCUT2D eigenvalue weighted by atomic mass is 10.1. The Morgan fingerprint density at radius 2 is 2.14 bits per heavy atom. The van der Waals surface area contributed by atoms with Gasteiger partial charge < -0.3 is 14.6 Å². The molecule has 0 saturated heterocycles. The molecule has 148 valence electrons. The van der Waals surface area contributed by atoms with Gasteiger partial charge in [0.2, 0.25) is 5.88 Å². The number of urea groups is 1. The molecule has 3 aromatic heterocycles. The maximum atomic E-state index is 12.5. The second-order valence-corrected chi connectivity index (χ2v) is 6.58. The molecule has 1 aromatic carbocycles. The van der Waals surface area contributed by atoms with E-state index in [4.69, 9.17) is 4.74 Å². The van der Waals surface area contributed by atoms with E-state index in [9.17, 15) is 4.79 Å². The Morgan fingerprint density at radius 1 is 1.31 bits per heavy atom. The van der Waals surface area contributed by atoms with Crippen LogP contribution in [-0.2, 0) is 6.54 Å². The maximum absolute atomic E-state index is 12.5. The number of aromatic nitrogens is 5. The van der Waals surface area contributed by atoms with Crippen LogP contribution < -0.4 is 15.4 Å². The zero-order chi connectivity index (χ0) is 20.2. The van der Waals surface area contributed by atoms with E-state index in [1.54, 1.807) is 25.7 Å². The molecule has 0 spiro atoms. The van der Waals surface area contributed by atoms with Crippen LogP contribution in [0.4, 0.5) is 10.6 Å². The van der Waals surface area contributed by atoms with Gasteiger partial charge in [0.25, 0.3) is 0 Å². The van der Waals surface area contributed by atoms with E-state index < -0.39 is 0 Å². The van der Waals surface area contributed by atoms with E-state index in [-0.39, 0.29) is 12.1 Å². The number of imidazole rings is 1. The number of amides is 2. The summed E-state index contributed by atoms with van der Waals surface area (Å²) >= 11 is 0. The van der Waals surface area contributed by atoms with Gasteiger partial charge in [0.1, 0.15) is 5.82 Å². The lowest BCUT2D eigenvalue weighted by Crippen LogP contribution is -2.31. The van der Waals surface area contributed by atoms with Crippen molar-refractivity contribution in [3.63, 3.8) is 0 Å². The lowest BCUT2D eigenvalue weighted by Gasteiger charge is -2.15. The maximum Gasteiger partial charge on any atom is 0.320 e. The number of carbonyl (C=O) groups is 1. The quantitative estimate of drug-likeness (QED) is 0.468. The van der Waals surface area contributed by atoms with Gasteiger partial charge in [0.05, 0.1) is 42.6 Å². The zero-order valence-corrected chi connectivity index (χ0v) is 16.1. The summed E-state index contributed by atoms with van der Waals surface area (Å²) in [6, 6.07) is 11.0. The minimum absolute atomic E-state index is 0.141. The fourth-order valence-electron chi connectivity index (χ4n) is 3.15. The fraction of sp³-hybridized carbons (Fsp3) is 0.200. The van der Waals surface area contributed by atoms with Crippen LogP contribution in [0.5, 0.6) is 5.88 Å². The molecule has 3 heterocycles. The summed E-state index contributed by atoms with van der Waals surface area (Å²) in [6.45, 7) is 2.39. The monoisotopic (exact) mass is 391 g/mol. The topological polar surface area (TPSA) is 110 Å². The van der Waals surface area contributed by atoms with Crippen LogP contribution >= 0.6 is 0 Å². The molecule has 0 bridgehead atoms. The van der Waals surface area contributed by atoms with E-state index >= 15 is 0 Å². The predicted molar refractivity (Wildman–Crippen MR) is 109 cm³/mol. The van der Waals surface area contributed by atoms with Gasteiger partial charge in [-0.3, -0.25) is 10.4 Å². The first-order valence-corrected chi connectivity index (χ1v) is 9.14. The summed E-state index contributed by atoms with van der Waals surface area (Å²) in [4.78, 5) is 21.2. The van der Waals surface area contributed by atoms with Crippen LogP contribution in [0, 0.1) is 0 Å². The van der Waals surface area contributed by atoms with Crippen LogP contribution in [0.15, 0.2) is 55.1 Å². The van der Waals surface area contributed by atoms with Crippen LogP contribution in [0.3, 0.4) is 0 Å². The highest BCUT2D eigenvalue weighted by molar-refractivity contribution is 5.93. The molecule has 4 aromatic rings. The van der Waals surface area contributed by atoms with Gasteiger partial charge in [0.15, 0.2) is 0 Å². The molecule has 2 amide bonds. The SMILES string of the molecule is COc1n[nH]c2cc(NC(=O)N[C@H](C)c3ccccc3)nc(Cn3ccnc3)c12. The number of methoxy groups -OCH3 is 1.